The average molecular weight is 607 g/mol. The van der Waals surface area contributed by atoms with Gasteiger partial charge in [-0.3, -0.25) is 4.57 Å². The maximum atomic E-state index is 5.07. The monoisotopic (exact) mass is 606 g/mol. The van der Waals surface area contributed by atoms with Gasteiger partial charge in [-0.1, -0.05) is 134 Å². The van der Waals surface area contributed by atoms with E-state index in [1.54, 1.807) is 0 Å². The highest BCUT2D eigenvalue weighted by atomic mass is 15.1. The van der Waals surface area contributed by atoms with Gasteiger partial charge in [-0.15, -0.1) is 6.58 Å². The van der Waals surface area contributed by atoms with Gasteiger partial charge in [-0.2, -0.15) is 0 Å². The Bertz CT molecular complexity index is 2250. The van der Waals surface area contributed by atoms with Crippen LogP contribution in [-0.4, -0.2) is 9.55 Å². The van der Waals surface area contributed by atoms with Crippen LogP contribution in [0, 0.1) is 0 Å². The first-order chi connectivity index (χ1) is 23.2. The second-order valence-corrected chi connectivity index (χ2v) is 11.9. The van der Waals surface area contributed by atoms with Gasteiger partial charge in [0.05, 0.1) is 11.0 Å². The molecule has 1 aromatic heterocycles. The smallest absolute Gasteiger partial charge is 0.145 e. The molecule has 0 fully saturated rings. The lowest BCUT2D eigenvalue weighted by Crippen LogP contribution is -2.30. The fourth-order valence-electron chi connectivity index (χ4n) is 6.41. The number of para-hydroxylation sites is 3. The molecule has 0 saturated heterocycles. The van der Waals surface area contributed by atoms with Crippen LogP contribution in [0.2, 0.25) is 0 Å². The van der Waals surface area contributed by atoms with Gasteiger partial charge < -0.3 is 0 Å². The van der Waals surface area contributed by atoms with E-state index in [2.05, 4.69) is 157 Å². The molecule has 0 saturated carbocycles. The summed E-state index contributed by atoms with van der Waals surface area (Å²) in [5, 5.41) is 2.42. The zero-order chi connectivity index (χ0) is 32.0. The van der Waals surface area contributed by atoms with Crippen molar-refractivity contribution in [3.05, 3.63) is 193 Å². The molecule has 0 radical (unpaired) electrons. The second kappa shape index (κ2) is 13.7. The number of nitrogens with zero attached hydrogens (tertiary/aromatic N) is 2. The van der Waals surface area contributed by atoms with E-state index in [-0.39, 0.29) is 0 Å². The van der Waals surface area contributed by atoms with Crippen molar-refractivity contribution >= 4 is 22.2 Å². The van der Waals surface area contributed by atoms with E-state index in [9.17, 15) is 0 Å². The molecule has 47 heavy (non-hydrogen) atoms. The van der Waals surface area contributed by atoms with Gasteiger partial charge >= 0.3 is 0 Å². The molecule has 0 amide bonds. The van der Waals surface area contributed by atoms with Crippen molar-refractivity contribution in [3.8, 4) is 28.2 Å². The molecule has 1 heterocycles. The molecule has 2 heteroatoms. The molecule has 2 nitrogen and oxygen atoms in total. The van der Waals surface area contributed by atoms with Gasteiger partial charge in [0.15, 0.2) is 0 Å². The summed E-state index contributed by atoms with van der Waals surface area (Å²) < 4.78 is 2.25. The van der Waals surface area contributed by atoms with Crippen molar-refractivity contribution in [2.45, 2.75) is 25.7 Å². The quantitative estimate of drug-likeness (QED) is 0.158. The number of benzene rings is 5. The minimum Gasteiger partial charge on any atom is -0.292 e. The number of hydrogen-bond acceptors (Lipinski definition) is 1. The highest BCUT2D eigenvalue weighted by Crippen LogP contribution is 2.30. The largest absolute Gasteiger partial charge is 0.292 e. The van der Waals surface area contributed by atoms with Crippen LogP contribution in [0.15, 0.2) is 177 Å². The molecule has 0 N–H and O–H groups in total. The molecule has 0 bridgehead atoms. The van der Waals surface area contributed by atoms with Crippen LogP contribution in [0.25, 0.3) is 50.4 Å². The highest BCUT2D eigenvalue weighted by Gasteiger charge is 2.15. The molecule has 0 atom stereocenters. The Morgan fingerprint density at radius 2 is 1.32 bits per heavy atom. The molecule has 0 spiro atoms. The third kappa shape index (κ3) is 6.23. The summed E-state index contributed by atoms with van der Waals surface area (Å²) >= 11 is 0. The van der Waals surface area contributed by atoms with Crippen LogP contribution >= 0.6 is 0 Å². The SMILES string of the molecule is C=CCCC(=C)C1=c2\ccc(-c3ccc(-c4nc5ccccc5n4-c4ccccc4)cc3)c\c2=C(c2ccccc2)\C=C\CC\C=C\1. The topological polar surface area (TPSA) is 17.8 Å². The summed E-state index contributed by atoms with van der Waals surface area (Å²) in [6, 6.07) is 45.2. The normalized spacial score (nSPS) is 16.7. The Labute approximate surface area is 277 Å². The van der Waals surface area contributed by atoms with Crippen molar-refractivity contribution in [2.24, 2.45) is 0 Å². The van der Waals surface area contributed by atoms with Gasteiger partial charge in [0, 0.05) is 11.3 Å². The molecule has 7 rings (SSSR count). The van der Waals surface area contributed by atoms with Crippen LogP contribution in [0.1, 0.15) is 31.2 Å². The molecule has 5 aromatic carbocycles. The maximum absolute atomic E-state index is 5.07. The van der Waals surface area contributed by atoms with Crippen molar-refractivity contribution < 1.29 is 0 Å². The van der Waals surface area contributed by atoms with Gasteiger partial charge in [0.1, 0.15) is 5.82 Å². The molecule has 228 valence electrons. The van der Waals surface area contributed by atoms with E-state index in [0.717, 1.165) is 64.9 Å². The van der Waals surface area contributed by atoms with Crippen molar-refractivity contribution in [1.29, 1.82) is 0 Å². The summed E-state index contributed by atoms with van der Waals surface area (Å²) in [4.78, 5) is 5.07. The lowest BCUT2D eigenvalue weighted by atomic mass is 9.92. The molecule has 0 unspecified atom stereocenters. The molecular formula is C45H38N2. The average Bonchev–Trinajstić information content (AvgIpc) is 3.52. The summed E-state index contributed by atoms with van der Waals surface area (Å²) in [6.07, 6.45) is 14.9. The maximum Gasteiger partial charge on any atom is 0.145 e. The van der Waals surface area contributed by atoms with Gasteiger partial charge in [-0.05, 0) is 99.9 Å². The third-order valence-electron chi connectivity index (χ3n) is 8.84. The number of fused-ring (bicyclic) bond motifs is 2. The summed E-state index contributed by atoms with van der Waals surface area (Å²) in [5.74, 6) is 0.934. The zero-order valence-electron chi connectivity index (χ0n) is 26.6. The first-order valence-electron chi connectivity index (χ1n) is 16.4. The van der Waals surface area contributed by atoms with E-state index in [4.69, 9.17) is 4.98 Å². The Kier molecular flexibility index (Phi) is 8.75. The number of aromatic nitrogens is 2. The summed E-state index contributed by atoms with van der Waals surface area (Å²) in [7, 11) is 0. The van der Waals surface area contributed by atoms with E-state index >= 15 is 0 Å². The fraction of sp³-hybridized carbons (Fsp3) is 0.0889. The number of imidazole rings is 1. The Hall–Kier alpha value is -5.73. The summed E-state index contributed by atoms with van der Waals surface area (Å²) in [5.41, 5.74) is 11.4. The van der Waals surface area contributed by atoms with Crippen molar-refractivity contribution in [3.63, 3.8) is 0 Å². The minimum absolute atomic E-state index is 0.885. The molecule has 1 aliphatic carbocycles. The molecule has 0 aliphatic heterocycles. The highest BCUT2D eigenvalue weighted by molar-refractivity contribution is 5.84. The van der Waals surface area contributed by atoms with Crippen molar-refractivity contribution in [1.82, 2.24) is 9.55 Å². The lowest BCUT2D eigenvalue weighted by molar-refractivity contribution is 1.02. The first kappa shape index (κ1) is 30.0. The van der Waals surface area contributed by atoms with Gasteiger partial charge in [-0.25, -0.2) is 4.98 Å². The van der Waals surface area contributed by atoms with Crippen LogP contribution in [0.4, 0.5) is 0 Å². The van der Waals surface area contributed by atoms with Crippen LogP contribution in [0.5, 0.6) is 0 Å². The van der Waals surface area contributed by atoms with Crippen molar-refractivity contribution in [2.75, 3.05) is 0 Å². The number of hydrogen-bond donors (Lipinski definition) is 0. The van der Waals surface area contributed by atoms with Crippen LogP contribution in [-0.2, 0) is 0 Å². The standard InChI is InChI=1S/C45H38N2/c1-3-4-17-33(2)39-22-13-5-6-14-23-40(35-18-9-7-10-19-35)42-32-37(30-31-41(39)42)34-26-28-36(29-27-34)45-46-43-24-15-16-25-44(43)47(45)38-20-11-8-12-21-38/h3,7-16,18-32H,1-2,4-6,17H2/b22-13+,23-14+,41-39+,42-40+. The second-order valence-electron chi connectivity index (χ2n) is 11.9. The Morgan fingerprint density at radius 3 is 2.09 bits per heavy atom. The third-order valence-corrected chi connectivity index (χ3v) is 8.84. The van der Waals surface area contributed by atoms with E-state index in [1.807, 2.05) is 18.2 Å². The van der Waals surface area contributed by atoms with Gasteiger partial charge in [0.25, 0.3) is 0 Å². The Morgan fingerprint density at radius 1 is 0.660 bits per heavy atom. The fourth-order valence-corrected chi connectivity index (χ4v) is 6.41. The van der Waals surface area contributed by atoms with Gasteiger partial charge in [0.2, 0.25) is 0 Å². The van der Waals surface area contributed by atoms with Crippen LogP contribution < -0.4 is 10.4 Å². The lowest BCUT2D eigenvalue weighted by Gasteiger charge is -2.13. The number of rotatable bonds is 8. The van der Waals surface area contributed by atoms with E-state index in [1.165, 1.54) is 32.7 Å². The predicted octanol–water partition coefficient (Wildman–Crippen LogP) is 10.1. The predicted molar refractivity (Wildman–Crippen MR) is 200 cm³/mol. The first-order valence-corrected chi connectivity index (χ1v) is 16.4. The van der Waals surface area contributed by atoms with E-state index < -0.39 is 0 Å². The van der Waals surface area contributed by atoms with Crippen LogP contribution in [0.3, 0.4) is 0 Å². The Balaban J connectivity index is 1.40. The molecule has 1 aliphatic rings. The number of allylic oxidation sites excluding steroid dienone is 6. The molecular weight excluding hydrogens is 569 g/mol. The zero-order valence-corrected chi connectivity index (χ0v) is 26.6. The minimum atomic E-state index is 0.885. The molecule has 6 aromatic rings. The van der Waals surface area contributed by atoms with E-state index in [0.29, 0.717) is 0 Å². The summed E-state index contributed by atoms with van der Waals surface area (Å²) in [6.45, 7) is 8.48.